The van der Waals surface area contributed by atoms with E-state index in [4.69, 9.17) is 16.3 Å². The number of aromatic nitrogens is 4. The van der Waals surface area contributed by atoms with Crippen molar-refractivity contribution < 1.29 is 4.74 Å². The summed E-state index contributed by atoms with van der Waals surface area (Å²) < 4.78 is 6.82. The second-order valence-electron chi connectivity index (χ2n) is 3.96. The van der Waals surface area contributed by atoms with E-state index < -0.39 is 0 Å². The smallest absolute Gasteiger partial charge is 0.164 e. The highest BCUT2D eigenvalue weighted by Gasteiger charge is 2.13. The molecular formula is C12H15ClN4O. The lowest BCUT2D eigenvalue weighted by atomic mass is 10.2. The molecule has 0 saturated carbocycles. The van der Waals surface area contributed by atoms with Crippen LogP contribution < -0.4 is 0 Å². The molecule has 0 saturated heterocycles. The number of hydrogen-bond donors (Lipinski definition) is 0. The predicted molar refractivity (Wildman–Crippen MR) is 69.3 cm³/mol. The van der Waals surface area contributed by atoms with Crippen LogP contribution in [0.4, 0.5) is 0 Å². The lowest BCUT2D eigenvalue weighted by Crippen LogP contribution is -1.98. The van der Waals surface area contributed by atoms with Crippen molar-refractivity contribution in [1.29, 1.82) is 0 Å². The highest BCUT2D eigenvalue weighted by atomic mass is 35.5. The SMILES string of the molecule is CCc1nn(C)cc1-c1nc(Cl)cc(COC)n1. The van der Waals surface area contributed by atoms with Gasteiger partial charge >= 0.3 is 0 Å². The lowest BCUT2D eigenvalue weighted by molar-refractivity contribution is 0.181. The molecule has 0 radical (unpaired) electrons. The first-order chi connectivity index (χ1) is 8.63. The number of hydrogen-bond acceptors (Lipinski definition) is 4. The van der Waals surface area contributed by atoms with Crippen LogP contribution in [0.2, 0.25) is 5.15 Å². The Kier molecular flexibility index (Phi) is 3.93. The summed E-state index contributed by atoms with van der Waals surface area (Å²) in [6.45, 7) is 2.46. The summed E-state index contributed by atoms with van der Waals surface area (Å²) in [6.07, 6.45) is 2.73. The molecule has 0 aromatic carbocycles. The maximum atomic E-state index is 6.00. The normalized spacial score (nSPS) is 10.9. The number of aryl methyl sites for hydroxylation is 2. The number of methoxy groups -OCH3 is 1. The van der Waals surface area contributed by atoms with Gasteiger partial charge in [-0.05, 0) is 12.5 Å². The molecule has 0 aliphatic rings. The van der Waals surface area contributed by atoms with Gasteiger partial charge in [0.2, 0.25) is 0 Å². The van der Waals surface area contributed by atoms with Crippen LogP contribution in [0.25, 0.3) is 11.4 Å². The fourth-order valence-corrected chi connectivity index (χ4v) is 1.99. The Bertz CT molecular complexity index is 553. The van der Waals surface area contributed by atoms with Gasteiger partial charge < -0.3 is 4.74 Å². The Balaban J connectivity index is 2.48. The molecule has 2 heterocycles. The van der Waals surface area contributed by atoms with E-state index in [1.807, 2.05) is 20.2 Å². The van der Waals surface area contributed by atoms with E-state index in [-0.39, 0.29) is 0 Å². The second-order valence-corrected chi connectivity index (χ2v) is 4.34. The van der Waals surface area contributed by atoms with Crippen molar-refractivity contribution >= 4 is 11.6 Å². The van der Waals surface area contributed by atoms with Gasteiger partial charge in [0, 0.05) is 20.4 Å². The molecule has 0 atom stereocenters. The Morgan fingerprint density at radius 1 is 1.39 bits per heavy atom. The Morgan fingerprint density at radius 3 is 2.83 bits per heavy atom. The van der Waals surface area contributed by atoms with Gasteiger partial charge in [-0.2, -0.15) is 5.10 Å². The van der Waals surface area contributed by atoms with E-state index in [9.17, 15) is 0 Å². The molecule has 0 aliphatic carbocycles. The third kappa shape index (κ3) is 2.68. The van der Waals surface area contributed by atoms with E-state index in [1.54, 1.807) is 17.9 Å². The molecule has 0 aliphatic heterocycles. The first-order valence-electron chi connectivity index (χ1n) is 5.69. The van der Waals surface area contributed by atoms with Crippen LogP contribution in [0.15, 0.2) is 12.3 Å². The van der Waals surface area contributed by atoms with Crippen LogP contribution in [-0.4, -0.2) is 26.9 Å². The van der Waals surface area contributed by atoms with Gasteiger partial charge in [0.1, 0.15) is 5.15 Å². The molecule has 2 aromatic rings. The zero-order valence-corrected chi connectivity index (χ0v) is 11.4. The Morgan fingerprint density at radius 2 is 2.17 bits per heavy atom. The minimum Gasteiger partial charge on any atom is -0.378 e. The maximum absolute atomic E-state index is 6.00. The van der Waals surface area contributed by atoms with E-state index >= 15 is 0 Å². The van der Waals surface area contributed by atoms with Crippen LogP contribution in [0.3, 0.4) is 0 Å². The average molecular weight is 267 g/mol. The molecule has 5 nitrogen and oxygen atoms in total. The minimum atomic E-state index is 0.414. The summed E-state index contributed by atoms with van der Waals surface area (Å²) in [7, 11) is 3.50. The van der Waals surface area contributed by atoms with Gasteiger partial charge in [-0.15, -0.1) is 0 Å². The van der Waals surface area contributed by atoms with Crippen molar-refractivity contribution in [2.75, 3.05) is 7.11 Å². The van der Waals surface area contributed by atoms with Gasteiger partial charge in [0.25, 0.3) is 0 Å². The van der Waals surface area contributed by atoms with Crippen molar-refractivity contribution in [3.05, 3.63) is 28.8 Å². The van der Waals surface area contributed by atoms with Gasteiger partial charge in [-0.3, -0.25) is 4.68 Å². The monoisotopic (exact) mass is 266 g/mol. The highest BCUT2D eigenvalue weighted by Crippen LogP contribution is 2.22. The molecule has 0 fully saturated rings. The summed E-state index contributed by atoms with van der Waals surface area (Å²) in [4.78, 5) is 8.70. The summed E-state index contributed by atoms with van der Waals surface area (Å²) in [5, 5.41) is 4.79. The first-order valence-corrected chi connectivity index (χ1v) is 6.07. The van der Waals surface area contributed by atoms with Crippen molar-refractivity contribution in [3.8, 4) is 11.4 Å². The Labute approximate surface area is 111 Å². The summed E-state index contributed by atoms with van der Waals surface area (Å²) >= 11 is 6.00. The third-order valence-electron chi connectivity index (χ3n) is 2.52. The number of ether oxygens (including phenoxy) is 1. The minimum absolute atomic E-state index is 0.414. The summed E-state index contributed by atoms with van der Waals surface area (Å²) in [6, 6.07) is 1.70. The van der Waals surface area contributed by atoms with Crippen molar-refractivity contribution in [3.63, 3.8) is 0 Å². The molecule has 2 rings (SSSR count). The van der Waals surface area contributed by atoms with Gasteiger partial charge in [-0.25, -0.2) is 9.97 Å². The first kappa shape index (κ1) is 13.0. The van der Waals surface area contributed by atoms with E-state index in [1.165, 1.54) is 0 Å². The van der Waals surface area contributed by atoms with Crippen LogP contribution in [0, 0.1) is 0 Å². The van der Waals surface area contributed by atoms with E-state index in [0.717, 1.165) is 23.4 Å². The zero-order valence-electron chi connectivity index (χ0n) is 10.6. The molecule has 0 spiro atoms. The van der Waals surface area contributed by atoms with Gasteiger partial charge in [-0.1, -0.05) is 18.5 Å². The third-order valence-corrected chi connectivity index (χ3v) is 2.71. The number of halogens is 1. The molecule has 96 valence electrons. The quantitative estimate of drug-likeness (QED) is 0.797. The molecule has 2 aromatic heterocycles. The average Bonchev–Trinajstić information content (AvgIpc) is 2.70. The topological polar surface area (TPSA) is 52.8 Å². The van der Waals surface area contributed by atoms with Crippen molar-refractivity contribution in [2.24, 2.45) is 7.05 Å². The second kappa shape index (κ2) is 5.46. The van der Waals surface area contributed by atoms with Gasteiger partial charge in [0.05, 0.1) is 23.6 Å². The number of rotatable bonds is 4. The molecule has 0 N–H and O–H groups in total. The van der Waals surface area contributed by atoms with Crippen LogP contribution in [0.5, 0.6) is 0 Å². The summed E-state index contributed by atoms with van der Waals surface area (Å²) in [5.41, 5.74) is 2.64. The molecule has 0 unspecified atom stereocenters. The summed E-state index contributed by atoms with van der Waals surface area (Å²) in [5.74, 6) is 0.597. The maximum Gasteiger partial charge on any atom is 0.164 e. The standard InChI is InChI=1S/C12H15ClN4O/c1-4-10-9(6-17(2)16-10)12-14-8(7-18-3)5-11(13)15-12/h5-6H,4,7H2,1-3H3. The molecule has 0 amide bonds. The van der Waals surface area contributed by atoms with Crippen LogP contribution >= 0.6 is 11.6 Å². The highest BCUT2D eigenvalue weighted by molar-refractivity contribution is 6.29. The molecule has 0 bridgehead atoms. The van der Waals surface area contributed by atoms with Crippen molar-refractivity contribution in [1.82, 2.24) is 19.7 Å². The molecule has 6 heteroatoms. The van der Waals surface area contributed by atoms with E-state index in [0.29, 0.717) is 17.6 Å². The van der Waals surface area contributed by atoms with Gasteiger partial charge in [0.15, 0.2) is 5.82 Å². The van der Waals surface area contributed by atoms with Crippen LogP contribution in [-0.2, 0) is 24.8 Å². The van der Waals surface area contributed by atoms with Crippen LogP contribution in [0.1, 0.15) is 18.3 Å². The predicted octanol–water partition coefficient (Wildman–Crippen LogP) is 2.24. The largest absolute Gasteiger partial charge is 0.378 e. The number of nitrogens with zero attached hydrogens (tertiary/aromatic N) is 4. The molecular weight excluding hydrogens is 252 g/mol. The Hall–Kier alpha value is -1.46. The zero-order chi connectivity index (χ0) is 13.1. The molecule has 18 heavy (non-hydrogen) atoms. The fraction of sp³-hybridized carbons (Fsp3) is 0.417. The fourth-order valence-electron chi connectivity index (χ4n) is 1.79. The van der Waals surface area contributed by atoms with E-state index in [2.05, 4.69) is 15.1 Å². The lowest BCUT2D eigenvalue weighted by Gasteiger charge is -2.04. The van der Waals surface area contributed by atoms with Crippen molar-refractivity contribution in [2.45, 2.75) is 20.0 Å².